The van der Waals surface area contributed by atoms with Crippen molar-refractivity contribution in [3.05, 3.63) is 54.0 Å². The summed E-state index contributed by atoms with van der Waals surface area (Å²) in [6.07, 6.45) is 4.19. The van der Waals surface area contributed by atoms with Gasteiger partial charge in [0.05, 0.1) is 35.9 Å². The van der Waals surface area contributed by atoms with E-state index in [0.29, 0.717) is 29.5 Å². The summed E-state index contributed by atoms with van der Waals surface area (Å²) < 4.78 is 18.7. The van der Waals surface area contributed by atoms with Crippen molar-refractivity contribution in [2.75, 3.05) is 16.8 Å². The Kier molecular flexibility index (Phi) is 5.93. The summed E-state index contributed by atoms with van der Waals surface area (Å²) in [7, 11) is 0. The Balaban J connectivity index is 1.49. The highest BCUT2D eigenvalue weighted by Gasteiger charge is 2.38. The van der Waals surface area contributed by atoms with Crippen LogP contribution >= 0.6 is 0 Å². The molecule has 1 saturated heterocycles. The quantitative estimate of drug-likeness (QED) is 0.618. The van der Waals surface area contributed by atoms with E-state index in [0.717, 1.165) is 5.56 Å². The minimum atomic E-state index is -0.466. The van der Waals surface area contributed by atoms with Gasteiger partial charge in [0.1, 0.15) is 18.8 Å². The van der Waals surface area contributed by atoms with Crippen molar-refractivity contribution in [1.82, 2.24) is 24.9 Å². The number of nitrogens with zero attached hydrogens (tertiary/aromatic N) is 6. The standard InChI is InChI=1S/C22H24FN7O2/c1-12(2)19-10-32-22(31)30(19)21-27-11-26-20(29-21)28-14(4)17-8-25-18(9-24-17)15-5-6-16(23)13(3)7-15/h5-9,11-12,14,19H,10H2,1-4H3,(H,26,27,28,29)/t14-,19+/m0/s1. The summed E-state index contributed by atoms with van der Waals surface area (Å²) in [6, 6.07) is 4.44. The van der Waals surface area contributed by atoms with Crippen LogP contribution in [-0.2, 0) is 4.74 Å². The Morgan fingerprint density at radius 2 is 1.97 bits per heavy atom. The molecule has 166 valence electrons. The van der Waals surface area contributed by atoms with Crippen LogP contribution < -0.4 is 10.2 Å². The Labute approximate surface area is 185 Å². The number of ether oxygens (including phenoxy) is 1. The number of carbonyl (C=O) groups excluding carboxylic acids is 1. The Bertz CT molecular complexity index is 1120. The van der Waals surface area contributed by atoms with Gasteiger partial charge in [-0.3, -0.25) is 9.97 Å². The second kappa shape index (κ2) is 8.81. The lowest BCUT2D eigenvalue weighted by Crippen LogP contribution is -2.38. The number of cyclic esters (lactones) is 1. The number of carbonyl (C=O) groups is 1. The Morgan fingerprint density at radius 1 is 1.16 bits per heavy atom. The zero-order valence-corrected chi connectivity index (χ0v) is 18.3. The van der Waals surface area contributed by atoms with Gasteiger partial charge in [-0.25, -0.2) is 24.1 Å². The van der Waals surface area contributed by atoms with Gasteiger partial charge >= 0.3 is 6.09 Å². The molecule has 32 heavy (non-hydrogen) atoms. The molecule has 10 heteroatoms. The van der Waals surface area contributed by atoms with Crippen molar-refractivity contribution in [3.8, 4) is 11.3 Å². The number of halogens is 1. The van der Waals surface area contributed by atoms with E-state index in [1.807, 2.05) is 20.8 Å². The first-order valence-electron chi connectivity index (χ1n) is 10.3. The molecule has 0 unspecified atom stereocenters. The summed E-state index contributed by atoms with van der Waals surface area (Å²) in [6.45, 7) is 7.93. The number of amides is 1. The first kappa shape index (κ1) is 21.5. The maximum atomic E-state index is 13.5. The Morgan fingerprint density at radius 3 is 2.66 bits per heavy atom. The second-order valence-electron chi connectivity index (χ2n) is 8.02. The molecule has 9 nitrogen and oxygen atoms in total. The fourth-order valence-electron chi connectivity index (χ4n) is 3.41. The number of hydrogen-bond donors (Lipinski definition) is 1. The van der Waals surface area contributed by atoms with Crippen molar-refractivity contribution >= 4 is 18.0 Å². The lowest BCUT2D eigenvalue weighted by Gasteiger charge is -2.22. The van der Waals surface area contributed by atoms with Crippen LogP contribution in [0.1, 0.15) is 38.1 Å². The molecule has 1 aliphatic rings. The first-order chi connectivity index (χ1) is 15.3. The summed E-state index contributed by atoms with van der Waals surface area (Å²) in [5.74, 6) is 0.482. The molecule has 3 aromatic rings. The van der Waals surface area contributed by atoms with E-state index in [2.05, 4.69) is 30.2 Å². The number of rotatable bonds is 6. The van der Waals surface area contributed by atoms with Gasteiger partial charge in [0.2, 0.25) is 11.9 Å². The third kappa shape index (κ3) is 4.34. The third-order valence-corrected chi connectivity index (χ3v) is 5.36. The summed E-state index contributed by atoms with van der Waals surface area (Å²) in [5.41, 5.74) is 2.67. The van der Waals surface area contributed by atoms with Gasteiger partial charge in [-0.1, -0.05) is 13.8 Å². The van der Waals surface area contributed by atoms with E-state index >= 15 is 0 Å². The molecule has 1 fully saturated rings. The largest absolute Gasteiger partial charge is 0.447 e. The maximum absolute atomic E-state index is 13.5. The van der Waals surface area contributed by atoms with E-state index in [1.54, 1.807) is 31.5 Å². The highest BCUT2D eigenvalue weighted by molar-refractivity contribution is 5.88. The number of anilines is 2. The van der Waals surface area contributed by atoms with Gasteiger partial charge in [-0.2, -0.15) is 4.98 Å². The van der Waals surface area contributed by atoms with E-state index < -0.39 is 6.09 Å². The Hall–Kier alpha value is -3.69. The molecule has 0 bridgehead atoms. The van der Waals surface area contributed by atoms with Gasteiger partial charge in [0.15, 0.2) is 0 Å². The minimum absolute atomic E-state index is 0.135. The van der Waals surface area contributed by atoms with Crippen LogP contribution in [0.5, 0.6) is 0 Å². The molecular formula is C22H24FN7O2. The summed E-state index contributed by atoms with van der Waals surface area (Å²) in [4.78, 5) is 35.3. The smallest absolute Gasteiger partial charge is 0.417 e. The van der Waals surface area contributed by atoms with Crippen molar-refractivity contribution in [1.29, 1.82) is 0 Å². The van der Waals surface area contributed by atoms with Crippen LogP contribution in [0.15, 0.2) is 36.9 Å². The molecule has 2 atom stereocenters. The molecule has 1 N–H and O–H groups in total. The molecule has 3 heterocycles. The topological polar surface area (TPSA) is 106 Å². The number of hydrogen-bond acceptors (Lipinski definition) is 8. The van der Waals surface area contributed by atoms with Crippen molar-refractivity contribution in [2.24, 2.45) is 5.92 Å². The second-order valence-corrected chi connectivity index (χ2v) is 8.02. The van der Waals surface area contributed by atoms with Gasteiger partial charge < -0.3 is 10.1 Å². The normalized spacial score (nSPS) is 16.9. The molecule has 1 aliphatic heterocycles. The lowest BCUT2D eigenvalue weighted by atomic mass is 10.1. The van der Waals surface area contributed by atoms with Crippen molar-refractivity contribution in [2.45, 2.75) is 39.8 Å². The van der Waals surface area contributed by atoms with Crippen LogP contribution in [0.25, 0.3) is 11.3 Å². The van der Waals surface area contributed by atoms with Crippen molar-refractivity contribution in [3.63, 3.8) is 0 Å². The van der Waals surface area contributed by atoms with E-state index in [1.165, 1.54) is 17.3 Å². The fourth-order valence-corrected chi connectivity index (χ4v) is 3.41. The van der Waals surface area contributed by atoms with Crippen LogP contribution in [0.2, 0.25) is 0 Å². The lowest BCUT2D eigenvalue weighted by molar-refractivity contribution is 0.177. The van der Waals surface area contributed by atoms with Crippen LogP contribution in [0.4, 0.5) is 21.1 Å². The molecule has 4 rings (SSSR count). The molecule has 1 aromatic carbocycles. The SMILES string of the molecule is Cc1cc(-c2cnc([C@H](C)Nc3ncnc(N4C(=O)OC[C@@H]4C(C)C)n3)cn2)ccc1F. The third-order valence-electron chi connectivity index (χ3n) is 5.36. The van der Waals surface area contributed by atoms with Gasteiger partial charge in [0, 0.05) is 5.56 Å². The molecular weight excluding hydrogens is 413 g/mol. The maximum Gasteiger partial charge on any atom is 0.417 e. The zero-order valence-electron chi connectivity index (χ0n) is 18.3. The molecule has 1 amide bonds. The molecule has 0 saturated carbocycles. The average Bonchev–Trinajstić information content (AvgIpc) is 3.18. The first-order valence-corrected chi connectivity index (χ1v) is 10.3. The van der Waals surface area contributed by atoms with Crippen LogP contribution in [-0.4, -0.2) is 43.7 Å². The van der Waals surface area contributed by atoms with E-state index in [4.69, 9.17) is 4.74 Å². The summed E-state index contributed by atoms with van der Waals surface area (Å²) >= 11 is 0. The minimum Gasteiger partial charge on any atom is -0.447 e. The number of aryl methyl sites for hydroxylation is 1. The fraction of sp³-hybridized carbons (Fsp3) is 0.364. The van der Waals surface area contributed by atoms with E-state index in [9.17, 15) is 9.18 Å². The van der Waals surface area contributed by atoms with Gasteiger partial charge in [0.25, 0.3) is 0 Å². The highest BCUT2D eigenvalue weighted by atomic mass is 19.1. The number of nitrogens with one attached hydrogen (secondary N) is 1. The zero-order chi connectivity index (χ0) is 22.8. The monoisotopic (exact) mass is 437 g/mol. The van der Waals surface area contributed by atoms with Gasteiger partial charge in [-0.15, -0.1) is 0 Å². The molecule has 2 aromatic heterocycles. The predicted octanol–water partition coefficient (Wildman–Crippen LogP) is 3.93. The van der Waals surface area contributed by atoms with Crippen LogP contribution in [0.3, 0.4) is 0 Å². The van der Waals surface area contributed by atoms with Gasteiger partial charge in [-0.05, 0) is 43.5 Å². The molecule has 0 radical (unpaired) electrons. The van der Waals surface area contributed by atoms with Crippen LogP contribution in [0, 0.1) is 18.7 Å². The number of aromatic nitrogens is 5. The molecule has 0 spiro atoms. The van der Waals surface area contributed by atoms with E-state index in [-0.39, 0.29) is 29.8 Å². The number of benzene rings is 1. The predicted molar refractivity (Wildman–Crippen MR) is 116 cm³/mol. The highest BCUT2D eigenvalue weighted by Crippen LogP contribution is 2.25. The van der Waals surface area contributed by atoms with Crippen molar-refractivity contribution < 1.29 is 13.9 Å². The molecule has 0 aliphatic carbocycles. The average molecular weight is 437 g/mol. The summed E-state index contributed by atoms with van der Waals surface area (Å²) in [5, 5.41) is 3.16.